The third-order valence-corrected chi connectivity index (χ3v) is 4.71. The van der Waals surface area contributed by atoms with Gasteiger partial charge in [-0.3, -0.25) is 9.78 Å². The van der Waals surface area contributed by atoms with Crippen LogP contribution in [0.5, 0.6) is 0 Å². The maximum atomic E-state index is 12.5. The van der Waals surface area contributed by atoms with Crippen LogP contribution in [-0.4, -0.2) is 20.4 Å². The van der Waals surface area contributed by atoms with E-state index in [1.807, 2.05) is 59.2 Å². The van der Waals surface area contributed by atoms with Crippen LogP contribution in [0.25, 0.3) is 21.7 Å². The van der Waals surface area contributed by atoms with Crippen LogP contribution >= 0.6 is 11.3 Å². The lowest BCUT2D eigenvalue weighted by Gasteiger charge is -2.09. The highest BCUT2D eigenvalue weighted by atomic mass is 32.1. The Morgan fingerprint density at radius 1 is 1.08 bits per heavy atom. The first-order valence-electron chi connectivity index (χ1n) is 7.96. The van der Waals surface area contributed by atoms with Gasteiger partial charge in [0.25, 0.3) is 0 Å². The van der Waals surface area contributed by atoms with E-state index in [1.54, 1.807) is 11.7 Å². The minimum Gasteiger partial charge on any atom is -0.350 e. The summed E-state index contributed by atoms with van der Waals surface area (Å²) in [5.74, 6) is 0.733. The molecule has 1 N–H and O–H groups in total. The Bertz CT molecular complexity index is 993. The molecule has 0 spiro atoms. The van der Waals surface area contributed by atoms with Crippen molar-refractivity contribution in [2.75, 3.05) is 0 Å². The molecule has 0 saturated carbocycles. The number of rotatable bonds is 5. The van der Waals surface area contributed by atoms with Gasteiger partial charge in [-0.05, 0) is 17.7 Å². The molecule has 2 aromatic carbocycles. The van der Waals surface area contributed by atoms with Crippen molar-refractivity contribution in [1.29, 1.82) is 0 Å². The lowest BCUT2D eigenvalue weighted by atomic mass is 10.2. The Morgan fingerprint density at radius 3 is 2.68 bits per heavy atom. The number of hydrogen-bond donors (Lipinski definition) is 1. The fraction of sp³-hybridized carbons (Fsp3) is 0.105. The molecule has 0 aliphatic heterocycles. The van der Waals surface area contributed by atoms with E-state index in [2.05, 4.69) is 15.3 Å². The molecule has 0 fully saturated rings. The van der Waals surface area contributed by atoms with Crippen molar-refractivity contribution in [3.63, 3.8) is 0 Å². The number of aromatic nitrogens is 3. The molecule has 0 unspecified atom stereocenters. The fourth-order valence-corrected chi connectivity index (χ4v) is 3.36. The zero-order valence-corrected chi connectivity index (χ0v) is 14.2. The molecule has 0 aliphatic carbocycles. The second-order valence-electron chi connectivity index (χ2n) is 5.64. The molecule has 0 atom stereocenters. The standard InChI is InChI=1S/C19H16N4OS/c24-18(21-10-14-6-2-1-3-7-14)12-23-16-9-5-4-8-15(16)22-19(23)17-11-20-13-25-17/h1-9,11,13H,10,12H2,(H,21,24). The summed E-state index contributed by atoms with van der Waals surface area (Å²) in [4.78, 5) is 22.2. The van der Waals surface area contributed by atoms with E-state index in [9.17, 15) is 4.79 Å². The summed E-state index contributed by atoms with van der Waals surface area (Å²) in [6, 6.07) is 17.7. The number of para-hydroxylation sites is 2. The van der Waals surface area contributed by atoms with Gasteiger partial charge in [0.05, 0.1) is 21.4 Å². The molecule has 0 radical (unpaired) electrons. The van der Waals surface area contributed by atoms with E-state index in [4.69, 9.17) is 0 Å². The Hall–Kier alpha value is -2.99. The molecule has 2 aromatic heterocycles. The van der Waals surface area contributed by atoms with Crippen LogP contribution in [-0.2, 0) is 17.9 Å². The monoisotopic (exact) mass is 348 g/mol. The molecule has 4 aromatic rings. The van der Waals surface area contributed by atoms with Crippen molar-refractivity contribution >= 4 is 28.3 Å². The number of hydrogen-bond acceptors (Lipinski definition) is 4. The lowest BCUT2D eigenvalue weighted by Crippen LogP contribution is -2.27. The quantitative estimate of drug-likeness (QED) is 0.601. The molecule has 0 aliphatic rings. The van der Waals surface area contributed by atoms with Crippen molar-refractivity contribution in [1.82, 2.24) is 19.9 Å². The number of fused-ring (bicyclic) bond motifs is 1. The van der Waals surface area contributed by atoms with Gasteiger partial charge >= 0.3 is 0 Å². The molecule has 5 nitrogen and oxygen atoms in total. The summed E-state index contributed by atoms with van der Waals surface area (Å²) in [6.45, 7) is 0.739. The van der Waals surface area contributed by atoms with Crippen LogP contribution in [0.15, 0.2) is 66.3 Å². The first kappa shape index (κ1) is 15.5. The van der Waals surface area contributed by atoms with Crippen molar-refractivity contribution < 1.29 is 4.79 Å². The number of nitrogens with one attached hydrogen (secondary N) is 1. The minimum absolute atomic E-state index is 0.0437. The van der Waals surface area contributed by atoms with Crippen LogP contribution in [0.1, 0.15) is 5.56 Å². The first-order valence-corrected chi connectivity index (χ1v) is 8.84. The smallest absolute Gasteiger partial charge is 0.240 e. The third-order valence-electron chi connectivity index (χ3n) is 3.94. The SMILES string of the molecule is O=C(Cn1c(-c2cncs2)nc2ccccc21)NCc1ccccc1. The highest BCUT2D eigenvalue weighted by Gasteiger charge is 2.16. The average Bonchev–Trinajstić information content (AvgIpc) is 3.29. The number of amides is 1. The van der Waals surface area contributed by atoms with Gasteiger partial charge in [-0.25, -0.2) is 4.98 Å². The summed E-state index contributed by atoms with van der Waals surface area (Å²) >= 11 is 1.52. The summed E-state index contributed by atoms with van der Waals surface area (Å²) in [6.07, 6.45) is 1.78. The van der Waals surface area contributed by atoms with E-state index in [-0.39, 0.29) is 12.5 Å². The average molecular weight is 348 g/mol. The van der Waals surface area contributed by atoms with Crippen LogP contribution < -0.4 is 5.32 Å². The second kappa shape index (κ2) is 6.86. The second-order valence-corrected chi connectivity index (χ2v) is 6.52. The molecule has 0 bridgehead atoms. The number of benzene rings is 2. The van der Waals surface area contributed by atoms with Crippen LogP contribution in [0.2, 0.25) is 0 Å². The normalized spacial score (nSPS) is 10.9. The Kier molecular flexibility index (Phi) is 4.26. The molecule has 4 rings (SSSR count). The summed E-state index contributed by atoms with van der Waals surface area (Å²) < 4.78 is 1.95. The predicted octanol–water partition coefficient (Wildman–Crippen LogP) is 3.48. The number of thiazole rings is 1. The van der Waals surface area contributed by atoms with Crippen molar-refractivity contribution in [2.24, 2.45) is 0 Å². The number of carbonyl (C=O) groups is 1. The van der Waals surface area contributed by atoms with Crippen molar-refractivity contribution in [3.05, 3.63) is 71.9 Å². The molecule has 124 valence electrons. The highest BCUT2D eigenvalue weighted by Crippen LogP contribution is 2.27. The number of imidazole rings is 1. The third kappa shape index (κ3) is 3.29. The Labute approximate surface area is 149 Å². The van der Waals surface area contributed by atoms with Gasteiger partial charge in [-0.2, -0.15) is 0 Å². The first-order chi connectivity index (χ1) is 12.3. The molecule has 2 heterocycles. The van der Waals surface area contributed by atoms with Crippen LogP contribution in [0.3, 0.4) is 0 Å². The van der Waals surface area contributed by atoms with Gasteiger partial charge < -0.3 is 9.88 Å². The molecule has 6 heteroatoms. The van der Waals surface area contributed by atoms with E-state index >= 15 is 0 Å². The largest absolute Gasteiger partial charge is 0.350 e. The Morgan fingerprint density at radius 2 is 1.88 bits per heavy atom. The van der Waals surface area contributed by atoms with Gasteiger partial charge in [0, 0.05) is 12.7 Å². The van der Waals surface area contributed by atoms with Gasteiger partial charge in [0.15, 0.2) is 5.82 Å². The van der Waals surface area contributed by atoms with Crippen LogP contribution in [0, 0.1) is 0 Å². The number of nitrogens with zero attached hydrogens (tertiary/aromatic N) is 3. The summed E-state index contributed by atoms with van der Waals surface area (Å²) in [7, 11) is 0. The molecular formula is C19H16N4OS. The van der Waals surface area contributed by atoms with Crippen molar-refractivity contribution in [2.45, 2.75) is 13.1 Å². The van der Waals surface area contributed by atoms with Gasteiger partial charge in [-0.1, -0.05) is 42.5 Å². The van der Waals surface area contributed by atoms with E-state index in [0.717, 1.165) is 27.3 Å². The zero-order valence-electron chi connectivity index (χ0n) is 13.4. The Balaban J connectivity index is 1.60. The molecule has 25 heavy (non-hydrogen) atoms. The number of carbonyl (C=O) groups excluding carboxylic acids is 1. The summed E-state index contributed by atoms with van der Waals surface area (Å²) in [5.41, 5.74) is 4.67. The summed E-state index contributed by atoms with van der Waals surface area (Å²) in [5, 5.41) is 2.97. The van der Waals surface area contributed by atoms with E-state index in [0.29, 0.717) is 6.54 Å². The topological polar surface area (TPSA) is 59.8 Å². The highest BCUT2D eigenvalue weighted by molar-refractivity contribution is 7.13. The lowest BCUT2D eigenvalue weighted by molar-refractivity contribution is -0.121. The fourth-order valence-electron chi connectivity index (χ4n) is 2.75. The van der Waals surface area contributed by atoms with E-state index < -0.39 is 0 Å². The molecule has 0 saturated heterocycles. The minimum atomic E-state index is -0.0437. The van der Waals surface area contributed by atoms with Gasteiger partial charge in [0.2, 0.25) is 5.91 Å². The van der Waals surface area contributed by atoms with Gasteiger partial charge in [0.1, 0.15) is 6.54 Å². The molecule has 1 amide bonds. The maximum Gasteiger partial charge on any atom is 0.240 e. The van der Waals surface area contributed by atoms with Crippen LogP contribution in [0.4, 0.5) is 0 Å². The molecular weight excluding hydrogens is 332 g/mol. The maximum absolute atomic E-state index is 12.5. The predicted molar refractivity (Wildman–Crippen MR) is 99.1 cm³/mol. The van der Waals surface area contributed by atoms with Gasteiger partial charge in [-0.15, -0.1) is 11.3 Å². The van der Waals surface area contributed by atoms with E-state index in [1.165, 1.54) is 11.3 Å². The van der Waals surface area contributed by atoms with Crippen molar-refractivity contribution in [3.8, 4) is 10.7 Å². The zero-order chi connectivity index (χ0) is 17.1.